The molecule has 142 valence electrons. The third kappa shape index (κ3) is 4.94. The summed E-state index contributed by atoms with van der Waals surface area (Å²) in [4.78, 5) is 12.4. The van der Waals surface area contributed by atoms with Crippen LogP contribution in [-0.2, 0) is 22.2 Å². The smallest absolute Gasteiger partial charge is 0.269 e. The summed E-state index contributed by atoms with van der Waals surface area (Å²) >= 11 is 11.8. The van der Waals surface area contributed by atoms with Crippen LogP contribution in [0.2, 0.25) is 10.0 Å². The predicted molar refractivity (Wildman–Crippen MR) is 98.0 cm³/mol. The van der Waals surface area contributed by atoms with E-state index in [0.29, 0.717) is 16.3 Å². The van der Waals surface area contributed by atoms with Gasteiger partial charge in [0.15, 0.2) is 0 Å². The van der Waals surface area contributed by atoms with Crippen LogP contribution in [-0.4, -0.2) is 39.1 Å². The summed E-state index contributed by atoms with van der Waals surface area (Å²) in [5.74, 6) is -0.380. The number of carbonyl (C=O) groups excluding carboxylic acids is 1. The number of benzene rings is 1. The Morgan fingerprint density at radius 2 is 2.00 bits per heavy atom. The van der Waals surface area contributed by atoms with Gasteiger partial charge in [0.2, 0.25) is 0 Å². The molecule has 1 aromatic carbocycles. The molecule has 2 rings (SSSR count). The van der Waals surface area contributed by atoms with Gasteiger partial charge < -0.3 is 5.32 Å². The van der Waals surface area contributed by atoms with E-state index in [1.54, 1.807) is 19.9 Å². The molecule has 26 heavy (non-hydrogen) atoms. The number of amides is 1. The zero-order chi connectivity index (χ0) is 19.7. The fourth-order valence-electron chi connectivity index (χ4n) is 2.09. The number of rotatable bonds is 6. The first-order chi connectivity index (χ1) is 11.9. The minimum Gasteiger partial charge on any atom is -0.341 e. The first-order valence-electron chi connectivity index (χ1n) is 7.54. The van der Waals surface area contributed by atoms with E-state index in [-0.39, 0.29) is 17.5 Å². The van der Waals surface area contributed by atoms with Gasteiger partial charge in [-0.25, -0.2) is 0 Å². The Labute approximate surface area is 161 Å². The Balaban J connectivity index is 2.14. The lowest BCUT2D eigenvalue weighted by atomic mass is 10.0. The molecule has 0 bridgehead atoms. The van der Waals surface area contributed by atoms with Crippen LogP contribution in [0.3, 0.4) is 0 Å². The van der Waals surface area contributed by atoms with Crippen LogP contribution in [0.5, 0.6) is 0 Å². The van der Waals surface area contributed by atoms with Crippen molar-refractivity contribution >= 4 is 39.2 Å². The van der Waals surface area contributed by atoms with Crippen LogP contribution in [0.25, 0.3) is 0 Å². The van der Waals surface area contributed by atoms with Gasteiger partial charge >= 0.3 is 0 Å². The lowest BCUT2D eigenvalue weighted by molar-refractivity contribution is 0.0910. The van der Waals surface area contributed by atoms with Crippen molar-refractivity contribution in [2.24, 2.45) is 0 Å². The van der Waals surface area contributed by atoms with E-state index in [9.17, 15) is 13.2 Å². The third-order valence-electron chi connectivity index (χ3n) is 3.74. The van der Waals surface area contributed by atoms with Crippen molar-refractivity contribution in [1.82, 2.24) is 20.3 Å². The van der Waals surface area contributed by atoms with Crippen LogP contribution in [0.1, 0.15) is 36.8 Å². The largest absolute Gasteiger partial charge is 0.341 e. The molecular weight excluding hydrogens is 403 g/mol. The van der Waals surface area contributed by atoms with Gasteiger partial charge in [-0.05, 0) is 39.0 Å². The molecule has 11 heteroatoms. The first kappa shape index (κ1) is 20.6. The highest BCUT2D eigenvalue weighted by atomic mass is 35.5. The van der Waals surface area contributed by atoms with Crippen molar-refractivity contribution in [1.29, 1.82) is 0 Å². The fourth-order valence-corrected chi connectivity index (χ4v) is 2.73. The van der Waals surface area contributed by atoms with Crippen LogP contribution in [0, 0.1) is 0 Å². The van der Waals surface area contributed by atoms with E-state index in [2.05, 4.69) is 15.6 Å². The molecule has 1 atom stereocenters. The average Bonchev–Trinajstić information content (AvgIpc) is 2.98. The van der Waals surface area contributed by atoms with Gasteiger partial charge in [-0.1, -0.05) is 28.4 Å². The third-order valence-corrected chi connectivity index (χ3v) is 5.64. The Hall–Kier alpha value is -1.68. The Kier molecular flexibility index (Phi) is 5.96. The Morgan fingerprint density at radius 1 is 1.35 bits per heavy atom. The van der Waals surface area contributed by atoms with Crippen molar-refractivity contribution in [2.75, 3.05) is 0 Å². The van der Waals surface area contributed by atoms with Crippen LogP contribution in [0.4, 0.5) is 0 Å². The summed E-state index contributed by atoms with van der Waals surface area (Å²) in [6.45, 7) is 4.74. The van der Waals surface area contributed by atoms with Crippen LogP contribution >= 0.6 is 23.2 Å². The summed E-state index contributed by atoms with van der Waals surface area (Å²) in [7, 11) is -4.17. The summed E-state index contributed by atoms with van der Waals surface area (Å²) in [5, 5.41) is 10.2. The highest BCUT2D eigenvalue weighted by Crippen LogP contribution is 2.24. The van der Waals surface area contributed by atoms with Crippen molar-refractivity contribution in [3.05, 3.63) is 45.7 Å². The molecule has 2 N–H and O–H groups in total. The maximum atomic E-state index is 12.4. The van der Waals surface area contributed by atoms with Gasteiger partial charge in [-0.2, -0.15) is 8.42 Å². The van der Waals surface area contributed by atoms with Crippen LogP contribution < -0.4 is 5.32 Å². The van der Waals surface area contributed by atoms with Gasteiger partial charge in [0, 0.05) is 5.56 Å². The zero-order valence-electron chi connectivity index (χ0n) is 14.3. The number of hydrogen-bond donors (Lipinski definition) is 2. The Bertz CT molecular complexity index is 927. The number of aromatic nitrogens is 3. The van der Waals surface area contributed by atoms with Gasteiger partial charge in [0.1, 0.15) is 10.9 Å². The topological polar surface area (TPSA) is 114 Å². The van der Waals surface area contributed by atoms with Gasteiger partial charge in [0.05, 0.1) is 28.3 Å². The molecule has 0 saturated heterocycles. The monoisotopic (exact) mass is 420 g/mol. The molecule has 0 radical (unpaired) electrons. The molecule has 0 aliphatic heterocycles. The second kappa shape index (κ2) is 7.51. The Morgan fingerprint density at radius 3 is 2.58 bits per heavy atom. The number of carbonyl (C=O) groups is 1. The maximum Gasteiger partial charge on any atom is 0.269 e. The summed E-state index contributed by atoms with van der Waals surface area (Å²) in [5.41, 5.74) is -0.128. The molecule has 8 nitrogen and oxygen atoms in total. The van der Waals surface area contributed by atoms with Crippen molar-refractivity contribution in [2.45, 2.75) is 38.1 Å². The molecule has 0 fully saturated rings. The molecule has 2 aromatic rings. The van der Waals surface area contributed by atoms with Gasteiger partial charge in [0.25, 0.3) is 16.0 Å². The van der Waals surface area contributed by atoms with Crippen molar-refractivity contribution in [3.63, 3.8) is 0 Å². The average molecular weight is 421 g/mol. The van der Waals surface area contributed by atoms with E-state index >= 15 is 0 Å². The van der Waals surface area contributed by atoms with E-state index in [1.807, 2.05) is 0 Å². The fraction of sp³-hybridized carbons (Fsp3) is 0.400. The molecule has 0 aliphatic carbocycles. The minimum atomic E-state index is -4.17. The summed E-state index contributed by atoms with van der Waals surface area (Å²) < 4.78 is 32.5. The number of hydrogen-bond acceptors (Lipinski definition) is 5. The second-order valence-corrected chi connectivity index (χ2v) is 9.01. The quantitative estimate of drug-likeness (QED) is 0.693. The van der Waals surface area contributed by atoms with Gasteiger partial charge in [-0.3, -0.25) is 14.0 Å². The lowest BCUT2D eigenvalue weighted by Gasteiger charge is -2.23. The van der Waals surface area contributed by atoms with E-state index < -0.39 is 20.9 Å². The van der Waals surface area contributed by atoms with Crippen molar-refractivity contribution < 1.29 is 17.8 Å². The normalized spacial score (nSPS) is 13.5. The zero-order valence-corrected chi connectivity index (χ0v) is 16.6. The highest BCUT2D eigenvalue weighted by molar-refractivity contribution is 7.86. The predicted octanol–water partition coefficient (Wildman–Crippen LogP) is 2.53. The molecule has 1 amide bonds. The molecule has 0 saturated carbocycles. The number of halogens is 2. The molecule has 0 spiro atoms. The molecular formula is C15H18Cl2N4O4S. The van der Waals surface area contributed by atoms with Crippen molar-refractivity contribution in [3.8, 4) is 0 Å². The summed E-state index contributed by atoms with van der Waals surface area (Å²) in [6, 6.07) is 4.53. The van der Waals surface area contributed by atoms with Gasteiger partial charge in [-0.15, -0.1) is 5.10 Å². The minimum absolute atomic E-state index is 0.0668. The lowest BCUT2D eigenvalue weighted by Crippen LogP contribution is -2.41. The maximum absolute atomic E-state index is 12.4. The van der Waals surface area contributed by atoms with E-state index in [4.69, 9.17) is 27.8 Å². The standard InChI is InChI=1S/C15H18Cl2N4O4S/c1-9(26(23,24)25)7-21-8-13(19-20-21)15(2,3)18-14(22)10-4-5-11(16)12(17)6-10/h4-6,8-9H,7H2,1-3H3,(H,18,22)(H,23,24,25). The molecule has 0 aliphatic rings. The SMILES string of the molecule is CC(Cn1cc(C(C)(C)NC(=O)c2ccc(Cl)c(Cl)c2)nn1)S(=O)(=O)O. The highest BCUT2D eigenvalue weighted by Gasteiger charge is 2.28. The first-order valence-corrected chi connectivity index (χ1v) is 9.80. The number of nitrogens with one attached hydrogen (secondary N) is 1. The van der Waals surface area contributed by atoms with Crippen LogP contribution in [0.15, 0.2) is 24.4 Å². The molecule has 1 unspecified atom stereocenters. The molecule has 1 heterocycles. The molecule has 1 aromatic heterocycles. The summed E-state index contributed by atoms with van der Waals surface area (Å²) in [6.07, 6.45) is 1.51. The number of nitrogens with zero attached hydrogens (tertiary/aromatic N) is 3. The van der Waals surface area contributed by atoms with E-state index in [0.717, 1.165) is 0 Å². The van der Waals surface area contributed by atoms with E-state index in [1.165, 1.54) is 29.9 Å². The second-order valence-electron chi connectivity index (χ2n) is 6.36.